The Kier molecular flexibility index (Phi) is 13.1. The average Bonchev–Trinajstić information content (AvgIpc) is 2.83. The maximum atomic E-state index is 13.4. The fourth-order valence-electron chi connectivity index (χ4n) is 3.72. The first kappa shape index (κ1) is 38.8. The fourth-order valence-corrected chi connectivity index (χ4v) is 3.72. The molecule has 0 aromatic heterocycles. The first-order chi connectivity index (χ1) is 18.2. The van der Waals surface area contributed by atoms with E-state index in [0.717, 1.165) is 6.42 Å². The van der Waals surface area contributed by atoms with Crippen LogP contribution in [-0.2, 0) is 28.6 Å². The molecule has 0 rings (SSSR count). The first-order valence-corrected chi connectivity index (χ1v) is 12.9. The van der Waals surface area contributed by atoms with E-state index < -0.39 is 78.6 Å². The lowest BCUT2D eigenvalue weighted by Crippen LogP contribution is -2.61. The molecule has 0 radical (unpaired) electrons. The zero-order chi connectivity index (χ0) is 32.7. The normalized spacial score (nSPS) is 15.2. The highest BCUT2D eigenvalue weighted by Crippen LogP contribution is 2.54. The van der Waals surface area contributed by atoms with Gasteiger partial charge in [0.2, 0.25) is 0 Å². The minimum Gasteiger partial charge on any atom is -0.465 e. The lowest BCUT2D eigenvalue weighted by atomic mass is 9.58. The van der Waals surface area contributed by atoms with Crippen molar-refractivity contribution in [3.8, 4) is 0 Å². The molecule has 0 heterocycles. The fraction of sp³-hybridized carbons (Fsp3) is 0.885. The van der Waals surface area contributed by atoms with Crippen molar-refractivity contribution in [2.24, 2.45) is 16.2 Å². The van der Waals surface area contributed by atoms with E-state index in [4.69, 9.17) is 9.47 Å². The lowest BCUT2D eigenvalue weighted by molar-refractivity contribution is -0.397. The van der Waals surface area contributed by atoms with E-state index in [1.165, 1.54) is 0 Å². The molecular formula is C26H39F9O6. The summed E-state index contributed by atoms with van der Waals surface area (Å²) >= 11 is 0. The molecule has 0 aliphatic heterocycles. The number of hydrogen-bond donors (Lipinski definition) is 0. The van der Waals surface area contributed by atoms with Crippen LogP contribution in [0, 0.1) is 16.2 Å². The Labute approximate surface area is 233 Å². The number of ether oxygens (including phenoxy) is 3. The Bertz CT molecular complexity index is 900. The van der Waals surface area contributed by atoms with E-state index in [-0.39, 0.29) is 18.6 Å². The lowest BCUT2D eigenvalue weighted by Gasteiger charge is -2.45. The molecule has 0 fully saturated rings. The van der Waals surface area contributed by atoms with Gasteiger partial charge in [0.25, 0.3) is 0 Å². The number of halogens is 9. The van der Waals surface area contributed by atoms with Gasteiger partial charge in [0.1, 0.15) is 13.2 Å². The van der Waals surface area contributed by atoms with Gasteiger partial charge < -0.3 is 14.2 Å². The van der Waals surface area contributed by atoms with Gasteiger partial charge in [-0.1, -0.05) is 48.0 Å². The van der Waals surface area contributed by atoms with Crippen LogP contribution in [0.1, 0.15) is 87.0 Å². The van der Waals surface area contributed by atoms with Crippen LogP contribution < -0.4 is 0 Å². The number of rotatable bonds is 17. The second-order valence-electron chi connectivity index (χ2n) is 11.4. The molecule has 0 spiro atoms. The molecule has 0 saturated heterocycles. The third-order valence-electron chi connectivity index (χ3n) is 7.62. The number of esters is 3. The molecule has 242 valence electrons. The zero-order valence-electron chi connectivity index (χ0n) is 24.2. The predicted octanol–water partition coefficient (Wildman–Crippen LogP) is 7.52. The van der Waals surface area contributed by atoms with Crippen molar-refractivity contribution in [3.63, 3.8) is 0 Å². The summed E-state index contributed by atoms with van der Waals surface area (Å²) < 4.78 is 130. The van der Waals surface area contributed by atoms with Gasteiger partial charge >= 0.3 is 41.9 Å². The molecule has 41 heavy (non-hydrogen) atoms. The predicted molar refractivity (Wildman–Crippen MR) is 128 cm³/mol. The van der Waals surface area contributed by atoms with Crippen LogP contribution >= 0.6 is 0 Å². The molecule has 0 bridgehead atoms. The monoisotopic (exact) mass is 618 g/mol. The highest BCUT2D eigenvalue weighted by atomic mass is 19.4. The van der Waals surface area contributed by atoms with E-state index in [2.05, 4.69) is 4.74 Å². The quantitative estimate of drug-likeness (QED) is 0.0726. The summed E-state index contributed by atoms with van der Waals surface area (Å²) in [6.07, 6.45) is -8.72. The van der Waals surface area contributed by atoms with Crippen LogP contribution in [-0.4, -0.2) is 61.7 Å². The topological polar surface area (TPSA) is 78.9 Å². The van der Waals surface area contributed by atoms with Crippen molar-refractivity contribution in [1.29, 1.82) is 0 Å². The third-order valence-corrected chi connectivity index (χ3v) is 7.62. The van der Waals surface area contributed by atoms with Crippen LogP contribution in [0.15, 0.2) is 0 Å². The minimum absolute atomic E-state index is 0.161. The Morgan fingerprint density at radius 1 is 0.610 bits per heavy atom. The summed E-state index contributed by atoms with van der Waals surface area (Å²) in [5.74, 6) is -22.6. The third kappa shape index (κ3) is 9.65. The van der Waals surface area contributed by atoms with Gasteiger partial charge in [-0.3, -0.25) is 14.4 Å². The van der Waals surface area contributed by atoms with Crippen molar-refractivity contribution < 1.29 is 68.1 Å². The maximum absolute atomic E-state index is 13.4. The van der Waals surface area contributed by atoms with Crippen LogP contribution in [0.3, 0.4) is 0 Å². The van der Waals surface area contributed by atoms with Crippen LogP contribution in [0.5, 0.6) is 0 Å². The van der Waals surface area contributed by atoms with E-state index in [1.54, 1.807) is 0 Å². The summed E-state index contributed by atoms with van der Waals surface area (Å²) in [7, 11) is 0. The molecule has 1 unspecified atom stereocenters. The smallest absolute Gasteiger partial charge is 0.460 e. The van der Waals surface area contributed by atoms with E-state index >= 15 is 0 Å². The molecule has 0 amide bonds. The summed E-state index contributed by atoms with van der Waals surface area (Å²) in [6, 6.07) is 0. The first-order valence-electron chi connectivity index (χ1n) is 12.9. The van der Waals surface area contributed by atoms with Crippen molar-refractivity contribution in [2.45, 2.75) is 111 Å². The van der Waals surface area contributed by atoms with Crippen LogP contribution in [0.4, 0.5) is 39.5 Å². The average molecular weight is 619 g/mol. The molecule has 0 saturated carbocycles. The van der Waals surface area contributed by atoms with Crippen molar-refractivity contribution >= 4 is 17.9 Å². The van der Waals surface area contributed by atoms with Crippen molar-refractivity contribution in [2.75, 3.05) is 19.8 Å². The van der Waals surface area contributed by atoms with E-state index in [9.17, 15) is 53.9 Å². The van der Waals surface area contributed by atoms with Gasteiger partial charge in [-0.05, 0) is 30.6 Å². The zero-order valence-corrected chi connectivity index (χ0v) is 24.2. The standard InChI is InChI=1S/C26H39F9O6/c1-8-20(3,4)16-22(7,21(5,6)9-2)19(38)41-15-14-40-18(37)11-10-17(36)39-13-12-23(27,28)24(29,30)25(31,32)26(33,34)35/h8-16H2,1-7H3. The van der Waals surface area contributed by atoms with Gasteiger partial charge in [-0.2, -0.15) is 39.5 Å². The molecular weight excluding hydrogens is 579 g/mol. The van der Waals surface area contributed by atoms with Gasteiger partial charge in [0.15, 0.2) is 0 Å². The number of alkyl halides is 9. The molecule has 0 aromatic carbocycles. The number of carbonyl (C=O) groups is 3. The molecule has 0 N–H and O–H groups in total. The molecule has 15 heteroatoms. The summed E-state index contributed by atoms with van der Waals surface area (Å²) in [5, 5.41) is 0. The van der Waals surface area contributed by atoms with E-state index in [1.807, 2.05) is 48.5 Å². The highest BCUT2D eigenvalue weighted by Gasteiger charge is 2.81. The van der Waals surface area contributed by atoms with Gasteiger partial charge in [-0.15, -0.1) is 0 Å². The van der Waals surface area contributed by atoms with Gasteiger partial charge in [0.05, 0.1) is 31.3 Å². The highest BCUT2D eigenvalue weighted by molar-refractivity contribution is 5.78. The Morgan fingerprint density at radius 3 is 1.46 bits per heavy atom. The minimum atomic E-state index is -7.04. The van der Waals surface area contributed by atoms with Crippen molar-refractivity contribution in [1.82, 2.24) is 0 Å². The summed E-state index contributed by atoms with van der Waals surface area (Å²) in [5.41, 5.74) is -1.45. The molecule has 0 aromatic rings. The number of carbonyl (C=O) groups excluding carboxylic acids is 3. The number of hydrogen-bond acceptors (Lipinski definition) is 6. The van der Waals surface area contributed by atoms with E-state index in [0.29, 0.717) is 12.8 Å². The molecule has 6 nitrogen and oxygen atoms in total. The van der Waals surface area contributed by atoms with Crippen molar-refractivity contribution in [3.05, 3.63) is 0 Å². The largest absolute Gasteiger partial charge is 0.465 e. The Morgan fingerprint density at radius 2 is 1.05 bits per heavy atom. The molecule has 1 atom stereocenters. The maximum Gasteiger partial charge on any atom is 0.460 e. The summed E-state index contributed by atoms with van der Waals surface area (Å²) in [4.78, 5) is 36.4. The van der Waals surface area contributed by atoms with Gasteiger partial charge in [-0.25, -0.2) is 0 Å². The van der Waals surface area contributed by atoms with Crippen LogP contribution in [0.25, 0.3) is 0 Å². The van der Waals surface area contributed by atoms with Gasteiger partial charge in [0, 0.05) is 0 Å². The second-order valence-corrected chi connectivity index (χ2v) is 11.4. The molecule has 0 aliphatic carbocycles. The molecule has 0 aliphatic rings. The SMILES string of the molecule is CCC(C)(C)CC(C)(C(=O)OCCOC(=O)CCC(=O)OCCC(F)(F)C(F)(F)C(F)(F)C(F)(F)F)C(C)(C)CC. The second kappa shape index (κ2) is 13.8. The Hall–Kier alpha value is -2.22. The summed E-state index contributed by atoms with van der Waals surface area (Å²) in [6.45, 7) is 11.4. The van der Waals surface area contributed by atoms with Crippen LogP contribution in [0.2, 0.25) is 0 Å². The Balaban J connectivity index is 4.74.